The zero-order valence-electron chi connectivity index (χ0n) is 22.4. The maximum absolute atomic E-state index is 12.8. The van der Waals surface area contributed by atoms with Crippen LogP contribution in [0.15, 0.2) is 84.1 Å². The van der Waals surface area contributed by atoms with Gasteiger partial charge in [0.15, 0.2) is 0 Å². The Hall–Kier alpha value is -5.25. The van der Waals surface area contributed by atoms with Crippen molar-refractivity contribution in [2.75, 3.05) is 5.32 Å². The molecule has 1 atom stereocenters. The zero-order valence-corrected chi connectivity index (χ0v) is 22.4. The number of hydrogen-bond donors (Lipinski definition) is 1. The van der Waals surface area contributed by atoms with Crippen molar-refractivity contribution in [2.24, 2.45) is 5.10 Å². The maximum atomic E-state index is 12.8. The molecular formula is C30H27N5O5. The summed E-state index contributed by atoms with van der Waals surface area (Å²) in [4.78, 5) is 36.2. The van der Waals surface area contributed by atoms with Gasteiger partial charge in [-0.05, 0) is 31.2 Å². The lowest BCUT2D eigenvalue weighted by Crippen LogP contribution is -2.25. The van der Waals surface area contributed by atoms with Crippen LogP contribution >= 0.6 is 0 Å². The Kier molecular flexibility index (Phi) is 7.15. The predicted octanol–water partition coefficient (Wildman–Crippen LogP) is 4.97. The SMILES string of the molecule is CC(=O)Nc1ccc(C2=NN(C(C)=O)C(c3cn(-c4ccccc4)nc3-c3ccc(C)cc3)O2)c(OC(C)=O)c1. The number of carbonyl (C=O) groups is 3. The van der Waals surface area contributed by atoms with Crippen LogP contribution in [0.4, 0.5) is 5.69 Å². The smallest absolute Gasteiger partial charge is 0.308 e. The Labute approximate surface area is 230 Å². The van der Waals surface area contributed by atoms with Gasteiger partial charge < -0.3 is 14.8 Å². The number of aryl methyl sites for hydroxylation is 1. The second-order valence-corrected chi connectivity index (χ2v) is 9.30. The van der Waals surface area contributed by atoms with Crippen LogP contribution in [0.2, 0.25) is 0 Å². The molecule has 4 aromatic rings. The van der Waals surface area contributed by atoms with Gasteiger partial charge in [0.2, 0.25) is 23.9 Å². The molecule has 10 nitrogen and oxygen atoms in total. The molecule has 0 saturated carbocycles. The first-order valence-corrected chi connectivity index (χ1v) is 12.6. The van der Waals surface area contributed by atoms with Crippen molar-refractivity contribution in [3.63, 3.8) is 0 Å². The first kappa shape index (κ1) is 26.4. The number of nitrogens with one attached hydrogen (secondary N) is 1. The Morgan fingerprint density at radius 3 is 2.33 bits per heavy atom. The number of benzene rings is 3. The number of para-hydroxylation sites is 1. The topological polar surface area (TPSA) is 115 Å². The number of nitrogens with zero attached hydrogens (tertiary/aromatic N) is 4. The quantitative estimate of drug-likeness (QED) is 0.274. The van der Waals surface area contributed by atoms with Gasteiger partial charge in [0, 0.05) is 44.3 Å². The fraction of sp³-hybridized carbons (Fsp3) is 0.167. The molecule has 1 aliphatic heterocycles. The van der Waals surface area contributed by atoms with Crippen molar-refractivity contribution in [3.05, 3.63) is 95.7 Å². The number of hydrazone groups is 1. The first-order valence-electron chi connectivity index (χ1n) is 12.6. The summed E-state index contributed by atoms with van der Waals surface area (Å²) in [7, 11) is 0. The summed E-state index contributed by atoms with van der Waals surface area (Å²) in [5.41, 5.74) is 4.78. The molecule has 40 heavy (non-hydrogen) atoms. The maximum Gasteiger partial charge on any atom is 0.308 e. The fourth-order valence-electron chi connectivity index (χ4n) is 4.31. The molecule has 2 amide bonds. The molecule has 1 N–H and O–H groups in total. The lowest BCUT2D eigenvalue weighted by molar-refractivity contribution is -0.135. The summed E-state index contributed by atoms with van der Waals surface area (Å²) in [5, 5.41) is 13.2. The van der Waals surface area contributed by atoms with Gasteiger partial charge in [-0.2, -0.15) is 10.1 Å². The molecule has 2 heterocycles. The van der Waals surface area contributed by atoms with Gasteiger partial charge in [-0.15, -0.1) is 5.10 Å². The van der Waals surface area contributed by atoms with Gasteiger partial charge in [-0.1, -0.05) is 48.0 Å². The Bertz CT molecular complexity index is 1630. The number of ether oxygens (including phenoxy) is 2. The van der Waals surface area contributed by atoms with Gasteiger partial charge in [0.25, 0.3) is 0 Å². The molecule has 1 unspecified atom stereocenters. The second kappa shape index (κ2) is 10.9. The second-order valence-electron chi connectivity index (χ2n) is 9.30. The molecule has 0 bridgehead atoms. The number of carbonyl (C=O) groups excluding carboxylic acids is 3. The number of hydrogen-bond acceptors (Lipinski definition) is 7. The van der Waals surface area contributed by atoms with Crippen molar-refractivity contribution in [1.29, 1.82) is 0 Å². The molecule has 0 aliphatic carbocycles. The summed E-state index contributed by atoms with van der Waals surface area (Å²) in [6, 6.07) is 22.3. The third-order valence-electron chi connectivity index (χ3n) is 6.11. The minimum absolute atomic E-state index is 0.0770. The zero-order chi connectivity index (χ0) is 28.4. The number of amides is 2. The van der Waals surface area contributed by atoms with Gasteiger partial charge in [0.05, 0.1) is 16.8 Å². The van der Waals surface area contributed by atoms with Crippen molar-refractivity contribution in [2.45, 2.75) is 33.9 Å². The third-order valence-corrected chi connectivity index (χ3v) is 6.11. The molecular weight excluding hydrogens is 510 g/mol. The van der Waals surface area contributed by atoms with Crippen molar-refractivity contribution >= 4 is 29.4 Å². The van der Waals surface area contributed by atoms with Crippen LogP contribution in [0.3, 0.4) is 0 Å². The Balaban J connectivity index is 1.59. The fourth-order valence-corrected chi connectivity index (χ4v) is 4.31. The number of rotatable bonds is 6. The highest BCUT2D eigenvalue weighted by atomic mass is 16.5. The number of anilines is 1. The lowest BCUT2D eigenvalue weighted by atomic mass is 10.1. The van der Waals surface area contributed by atoms with Gasteiger partial charge >= 0.3 is 5.97 Å². The van der Waals surface area contributed by atoms with E-state index in [1.54, 1.807) is 16.8 Å². The van der Waals surface area contributed by atoms with Crippen LogP contribution in [0, 0.1) is 6.92 Å². The molecule has 0 radical (unpaired) electrons. The highest BCUT2D eigenvalue weighted by Gasteiger charge is 2.37. The van der Waals surface area contributed by atoms with Crippen molar-refractivity contribution in [1.82, 2.24) is 14.8 Å². The minimum atomic E-state index is -0.943. The predicted molar refractivity (Wildman–Crippen MR) is 149 cm³/mol. The third kappa shape index (κ3) is 5.46. The molecule has 3 aromatic carbocycles. The average molecular weight is 538 g/mol. The van der Waals surface area contributed by atoms with Crippen LogP contribution in [0.25, 0.3) is 16.9 Å². The summed E-state index contributed by atoms with van der Waals surface area (Å²) in [6.07, 6.45) is 0.873. The average Bonchev–Trinajstić information content (AvgIpc) is 3.54. The molecule has 1 aliphatic rings. The minimum Gasteiger partial charge on any atom is -0.445 e. The highest BCUT2D eigenvalue weighted by Crippen LogP contribution is 2.38. The van der Waals surface area contributed by atoms with Crippen molar-refractivity contribution < 1.29 is 23.9 Å². The van der Waals surface area contributed by atoms with E-state index in [1.807, 2.05) is 67.7 Å². The van der Waals surface area contributed by atoms with E-state index in [4.69, 9.17) is 14.6 Å². The van der Waals surface area contributed by atoms with E-state index >= 15 is 0 Å². The molecule has 0 saturated heterocycles. The van der Waals surface area contributed by atoms with Crippen LogP contribution in [-0.2, 0) is 19.1 Å². The van der Waals surface area contributed by atoms with Crippen LogP contribution in [-0.4, -0.2) is 38.5 Å². The van der Waals surface area contributed by atoms with E-state index in [2.05, 4.69) is 10.4 Å². The summed E-state index contributed by atoms with van der Waals surface area (Å²) in [6.45, 7) is 6.04. The van der Waals surface area contributed by atoms with E-state index < -0.39 is 12.2 Å². The Morgan fingerprint density at radius 2 is 1.68 bits per heavy atom. The summed E-state index contributed by atoms with van der Waals surface area (Å²) in [5.74, 6) is -0.997. The largest absolute Gasteiger partial charge is 0.445 e. The first-order chi connectivity index (χ1) is 19.2. The molecule has 0 fully saturated rings. The van der Waals surface area contributed by atoms with Crippen molar-refractivity contribution in [3.8, 4) is 22.7 Å². The molecule has 5 rings (SSSR count). The van der Waals surface area contributed by atoms with Gasteiger partial charge in [-0.25, -0.2) is 4.68 Å². The van der Waals surface area contributed by atoms with Crippen LogP contribution in [0.1, 0.15) is 43.7 Å². The Morgan fingerprint density at radius 1 is 0.950 bits per heavy atom. The van der Waals surface area contributed by atoms with E-state index in [0.717, 1.165) is 16.8 Å². The summed E-state index contributed by atoms with van der Waals surface area (Å²) >= 11 is 0. The summed E-state index contributed by atoms with van der Waals surface area (Å²) < 4.78 is 13.5. The van der Waals surface area contributed by atoms with E-state index in [-0.39, 0.29) is 23.5 Å². The number of esters is 1. The monoisotopic (exact) mass is 537 g/mol. The van der Waals surface area contributed by atoms with E-state index in [9.17, 15) is 14.4 Å². The molecule has 1 aromatic heterocycles. The highest BCUT2D eigenvalue weighted by molar-refractivity contribution is 6.00. The molecule has 10 heteroatoms. The van der Waals surface area contributed by atoms with Gasteiger partial charge in [-0.3, -0.25) is 14.4 Å². The number of aromatic nitrogens is 2. The normalized spacial score (nSPS) is 14.3. The van der Waals surface area contributed by atoms with E-state index in [1.165, 1.54) is 31.8 Å². The standard InChI is InChI=1S/C30H27N5O5/c1-18-10-12-22(13-11-18)28-26(17-34(32-28)24-8-6-5-7-9-24)30-35(20(3)37)33-29(40-30)25-15-14-23(31-19(2)36)16-27(25)39-21(4)38/h5-17,30H,1-4H3,(H,31,36). The van der Waals surface area contributed by atoms with Gasteiger partial charge in [0.1, 0.15) is 11.4 Å². The van der Waals surface area contributed by atoms with E-state index in [0.29, 0.717) is 22.5 Å². The van der Waals surface area contributed by atoms with Crippen LogP contribution < -0.4 is 10.1 Å². The van der Waals surface area contributed by atoms with Crippen LogP contribution in [0.5, 0.6) is 5.75 Å². The molecule has 0 spiro atoms. The molecule has 202 valence electrons. The lowest BCUT2D eigenvalue weighted by Gasteiger charge is -2.19.